The fourth-order valence-electron chi connectivity index (χ4n) is 3.27. The zero-order chi connectivity index (χ0) is 24.5. The molecule has 2 heterocycles. The Morgan fingerprint density at radius 2 is 1.82 bits per heavy atom. The predicted octanol–water partition coefficient (Wildman–Crippen LogP) is 5.61. The number of hydrogen-bond donors (Lipinski definition) is 3. The topological polar surface area (TPSA) is 85.8 Å². The molecule has 0 amide bonds. The van der Waals surface area contributed by atoms with Crippen molar-refractivity contribution in [2.45, 2.75) is 17.7 Å². The highest BCUT2D eigenvalue weighted by atomic mass is 35.5. The molecule has 34 heavy (non-hydrogen) atoms. The fourth-order valence-corrected chi connectivity index (χ4v) is 4.16. The first-order valence-electron chi connectivity index (χ1n) is 10.9. The van der Waals surface area contributed by atoms with Crippen molar-refractivity contribution >= 4 is 46.7 Å². The molecule has 1 aliphatic heterocycles. The van der Waals surface area contributed by atoms with Gasteiger partial charge in [0.2, 0.25) is 5.95 Å². The highest BCUT2D eigenvalue weighted by Gasteiger charge is 2.12. The van der Waals surface area contributed by atoms with Crippen LogP contribution in [-0.4, -0.2) is 65.6 Å². The third kappa shape index (κ3) is 7.66. The standard InChI is InChI=1S/C19H20ClN5O2S.C5H11N/c1-25(2)28-17-7-5-4-6-15(17)22-18-13(20)11-21-19(24-18)23-14-9-8-12(26)10-16(14)27-3;1-6-4-2-3-5-6/h4-11,26H,1-3H3,(H2,21,22,23,24);2-5H2,1H3. The molecule has 4 rings (SSSR count). The van der Waals surface area contributed by atoms with E-state index in [2.05, 4.69) is 32.5 Å². The number of benzene rings is 2. The number of ether oxygens (including phenoxy) is 1. The second kappa shape index (κ2) is 12.7. The van der Waals surface area contributed by atoms with E-state index in [0.717, 1.165) is 10.6 Å². The molecular weight excluding hydrogens is 472 g/mol. The largest absolute Gasteiger partial charge is 0.508 e. The van der Waals surface area contributed by atoms with Gasteiger partial charge >= 0.3 is 0 Å². The first kappa shape index (κ1) is 25.9. The third-order valence-electron chi connectivity index (χ3n) is 4.93. The molecule has 2 aromatic carbocycles. The molecule has 3 aromatic rings. The van der Waals surface area contributed by atoms with Crippen molar-refractivity contribution in [2.75, 3.05) is 52.0 Å². The van der Waals surface area contributed by atoms with Crippen LogP contribution in [-0.2, 0) is 0 Å². The number of rotatable bonds is 7. The Morgan fingerprint density at radius 1 is 1.09 bits per heavy atom. The van der Waals surface area contributed by atoms with Gasteiger partial charge in [-0.3, -0.25) is 4.31 Å². The van der Waals surface area contributed by atoms with Crippen LogP contribution in [0, 0.1) is 0 Å². The summed E-state index contributed by atoms with van der Waals surface area (Å²) in [6, 6.07) is 12.6. The number of anilines is 4. The Bertz CT molecular complexity index is 1080. The van der Waals surface area contributed by atoms with E-state index in [-0.39, 0.29) is 5.75 Å². The van der Waals surface area contributed by atoms with Crippen molar-refractivity contribution in [1.29, 1.82) is 0 Å². The number of methoxy groups -OCH3 is 1. The van der Waals surface area contributed by atoms with Gasteiger partial charge in [0.25, 0.3) is 0 Å². The molecule has 0 radical (unpaired) electrons. The summed E-state index contributed by atoms with van der Waals surface area (Å²) in [4.78, 5) is 12.1. The van der Waals surface area contributed by atoms with Crippen molar-refractivity contribution in [3.05, 3.63) is 53.7 Å². The first-order valence-corrected chi connectivity index (χ1v) is 12.1. The average Bonchev–Trinajstić information content (AvgIpc) is 3.29. The van der Waals surface area contributed by atoms with Gasteiger partial charge in [0.1, 0.15) is 16.5 Å². The molecule has 8 nitrogen and oxygen atoms in total. The van der Waals surface area contributed by atoms with Gasteiger partial charge < -0.3 is 25.4 Å². The van der Waals surface area contributed by atoms with E-state index < -0.39 is 0 Å². The van der Waals surface area contributed by atoms with Crippen LogP contribution < -0.4 is 15.4 Å². The van der Waals surface area contributed by atoms with Gasteiger partial charge in [-0.05, 0) is 83.3 Å². The minimum Gasteiger partial charge on any atom is -0.508 e. The van der Waals surface area contributed by atoms with E-state index in [1.54, 1.807) is 24.1 Å². The predicted molar refractivity (Wildman–Crippen MR) is 141 cm³/mol. The smallest absolute Gasteiger partial charge is 0.229 e. The molecule has 0 spiro atoms. The molecule has 0 aliphatic carbocycles. The molecule has 0 unspecified atom stereocenters. The zero-order valence-corrected chi connectivity index (χ0v) is 21.5. The van der Waals surface area contributed by atoms with Crippen molar-refractivity contribution in [3.63, 3.8) is 0 Å². The van der Waals surface area contributed by atoms with E-state index in [0.29, 0.717) is 28.2 Å². The van der Waals surface area contributed by atoms with Crippen molar-refractivity contribution < 1.29 is 9.84 Å². The lowest BCUT2D eigenvalue weighted by atomic mass is 10.3. The van der Waals surface area contributed by atoms with Gasteiger partial charge in [-0.25, -0.2) is 4.98 Å². The van der Waals surface area contributed by atoms with Crippen LogP contribution in [0.2, 0.25) is 5.02 Å². The minimum atomic E-state index is 0.108. The van der Waals surface area contributed by atoms with Crippen LogP contribution in [0.25, 0.3) is 0 Å². The number of aromatic hydroxyl groups is 1. The van der Waals surface area contributed by atoms with Crippen LogP contribution in [0.4, 0.5) is 23.1 Å². The number of para-hydroxylation sites is 1. The summed E-state index contributed by atoms with van der Waals surface area (Å²) in [6.07, 6.45) is 4.35. The molecule has 0 bridgehead atoms. The van der Waals surface area contributed by atoms with Gasteiger partial charge in [0.15, 0.2) is 5.82 Å². The molecular formula is C24H31ClN6O2S. The minimum absolute atomic E-state index is 0.108. The molecule has 1 aliphatic rings. The number of halogens is 1. The summed E-state index contributed by atoms with van der Waals surface area (Å²) in [5.74, 6) is 1.40. The zero-order valence-electron chi connectivity index (χ0n) is 19.9. The second-order valence-corrected chi connectivity index (χ2v) is 9.69. The van der Waals surface area contributed by atoms with Crippen molar-refractivity contribution in [3.8, 4) is 11.5 Å². The number of hydrogen-bond acceptors (Lipinski definition) is 9. The molecule has 1 aromatic heterocycles. The quantitative estimate of drug-likeness (QED) is 0.282. The molecule has 182 valence electrons. The first-order chi connectivity index (χ1) is 16.4. The maximum atomic E-state index is 9.60. The third-order valence-corrected chi connectivity index (χ3v) is 6.12. The number of nitrogens with one attached hydrogen (secondary N) is 2. The van der Waals surface area contributed by atoms with Gasteiger partial charge in [-0.1, -0.05) is 23.7 Å². The van der Waals surface area contributed by atoms with Gasteiger partial charge in [0.05, 0.1) is 24.7 Å². The number of phenolic OH excluding ortho intramolecular Hbond substituents is 1. The molecule has 0 saturated carbocycles. The summed E-state index contributed by atoms with van der Waals surface area (Å²) in [7, 11) is 7.65. The summed E-state index contributed by atoms with van der Waals surface area (Å²) in [5, 5.41) is 16.3. The lowest BCUT2D eigenvalue weighted by Gasteiger charge is -2.15. The van der Waals surface area contributed by atoms with Crippen LogP contribution in [0.5, 0.6) is 11.5 Å². The monoisotopic (exact) mass is 502 g/mol. The van der Waals surface area contributed by atoms with Crippen LogP contribution >= 0.6 is 23.5 Å². The number of nitrogens with zero attached hydrogens (tertiary/aromatic N) is 4. The Hall–Kier alpha value is -2.72. The van der Waals surface area contributed by atoms with Crippen molar-refractivity contribution in [2.24, 2.45) is 0 Å². The summed E-state index contributed by atoms with van der Waals surface area (Å²) >= 11 is 7.89. The SMILES string of the molecule is CN1CCCC1.COc1cc(O)ccc1Nc1ncc(Cl)c(Nc2ccccc2SN(C)C)n1. The van der Waals surface area contributed by atoms with Gasteiger partial charge in [0, 0.05) is 11.0 Å². The summed E-state index contributed by atoms with van der Waals surface area (Å²) in [5.41, 5.74) is 1.51. The van der Waals surface area contributed by atoms with Crippen LogP contribution in [0.1, 0.15) is 12.8 Å². The molecule has 1 fully saturated rings. The number of phenols is 1. The number of likely N-dealkylation sites (tertiary alicyclic amines) is 1. The van der Waals surface area contributed by atoms with E-state index >= 15 is 0 Å². The van der Waals surface area contributed by atoms with Gasteiger partial charge in [-0.15, -0.1) is 0 Å². The molecule has 10 heteroatoms. The number of aromatic nitrogens is 2. The highest BCUT2D eigenvalue weighted by Crippen LogP contribution is 2.34. The Balaban J connectivity index is 0.000000469. The van der Waals surface area contributed by atoms with Crippen LogP contribution in [0.3, 0.4) is 0 Å². The Morgan fingerprint density at radius 3 is 2.47 bits per heavy atom. The van der Waals surface area contributed by atoms with E-state index in [1.165, 1.54) is 45.3 Å². The van der Waals surface area contributed by atoms with Crippen LogP contribution in [0.15, 0.2) is 53.6 Å². The fraction of sp³-hybridized carbons (Fsp3) is 0.333. The summed E-state index contributed by atoms with van der Waals surface area (Å²) < 4.78 is 7.28. The molecule has 3 N–H and O–H groups in total. The maximum absolute atomic E-state index is 9.60. The van der Waals surface area contributed by atoms with E-state index in [9.17, 15) is 5.11 Å². The second-order valence-electron chi connectivity index (χ2n) is 7.93. The van der Waals surface area contributed by atoms with E-state index in [4.69, 9.17) is 16.3 Å². The van der Waals surface area contributed by atoms with E-state index in [1.807, 2.05) is 42.7 Å². The maximum Gasteiger partial charge on any atom is 0.229 e. The normalized spacial score (nSPS) is 13.4. The van der Waals surface area contributed by atoms with Gasteiger partial charge in [-0.2, -0.15) is 4.98 Å². The molecule has 0 atom stereocenters. The Kier molecular flexibility index (Phi) is 9.64. The average molecular weight is 503 g/mol. The summed E-state index contributed by atoms with van der Waals surface area (Å²) in [6.45, 7) is 2.64. The Labute approximate surface area is 210 Å². The highest BCUT2D eigenvalue weighted by molar-refractivity contribution is 7.97. The lowest BCUT2D eigenvalue weighted by Crippen LogP contribution is -2.10. The van der Waals surface area contributed by atoms with Crippen molar-refractivity contribution in [1.82, 2.24) is 19.2 Å². The molecule has 1 saturated heterocycles. The lowest BCUT2D eigenvalue weighted by molar-refractivity contribution is 0.409.